The molecule has 0 saturated carbocycles. The van der Waals surface area contributed by atoms with Crippen LogP contribution in [0.2, 0.25) is 0 Å². The molecule has 0 radical (unpaired) electrons. The molecule has 5 nitrogen and oxygen atoms in total. The quantitative estimate of drug-likeness (QED) is 0.927. The fourth-order valence-corrected chi connectivity index (χ4v) is 2.54. The van der Waals surface area contributed by atoms with Gasteiger partial charge >= 0.3 is 0 Å². The Morgan fingerprint density at radius 3 is 3.05 bits per heavy atom. The second-order valence-electron chi connectivity index (χ2n) is 5.01. The molecule has 1 aromatic carbocycles. The van der Waals surface area contributed by atoms with E-state index in [1.165, 1.54) is 11.3 Å². The Morgan fingerprint density at radius 2 is 2.25 bits per heavy atom. The Labute approximate surface area is 117 Å². The van der Waals surface area contributed by atoms with Crippen LogP contribution in [0.25, 0.3) is 0 Å². The number of nitrogens with zero attached hydrogens (tertiary/aromatic N) is 3. The minimum Gasteiger partial charge on any atom is -0.374 e. The van der Waals surface area contributed by atoms with Crippen LogP contribution in [-0.2, 0) is 13.0 Å². The first-order valence-corrected chi connectivity index (χ1v) is 6.85. The van der Waals surface area contributed by atoms with Crippen LogP contribution >= 0.6 is 0 Å². The van der Waals surface area contributed by atoms with E-state index in [2.05, 4.69) is 34.4 Å². The van der Waals surface area contributed by atoms with E-state index in [1.807, 2.05) is 13.0 Å². The van der Waals surface area contributed by atoms with Crippen molar-refractivity contribution in [3.05, 3.63) is 46.5 Å². The van der Waals surface area contributed by atoms with Crippen molar-refractivity contribution in [3.63, 3.8) is 0 Å². The van der Waals surface area contributed by atoms with E-state index in [0.29, 0.717) is 12.4 Å². The second kappa shape index (κ2) is 5.00. The highest BCUT2D eigenvalue weighted by molar-refractivity contribution is 5.68. The molecule has 1 aliphatic rings. The van der Waals surface area contributed by atoms with E-state index in [4.69, 9.17) is 0 Å². The molecule has 0 amide bonds. The number of nitrogens with one attached hydrogen (secondary N) is 1. The Morgan fingerprint density at radius 1 is 1.40 bits per heavy atom. The van der Waals surface area contributed by atoms with Gasteiger partial charge in [-0.1, -0.05) is 6.07 Å². The van der Waals surface area contributed by atoms with Gasteiger partial charge in [0.2, 0.25) is 0 Å². The molecular formula is C15H18N4O. The third kappa shape index (κ3) is 2.15. The molecule has 0 bridgehead atoms. The van der Waals surface area contributed by atoms with Crippen LogP contribution in [0.3, 0.4) is 0 Å². The molecule has 0 fully saturated rings. The zero-order chi connectivity index (χ0) is 14.1. The Balaban J connectivity index is 1.93. The number of aromatic nitrogens is 2. The summed E-state index contributed by atoms with van der Waals surface area (Å²) in [6, 6.07) is 6.19. The van der Waals surface area contributed by atoms with Crippen LogP contribution in [0.1, 0.15) is 12.5 Å². The Bertz CT molecular complexity index is 693. The molecule has 0 saturated heterocycles. The fraction of sp³-hybridized carbons (Fsp3) is 0.333. The van der Waals surface area contributed by atoms with E-state index in [-0.39, 0.29) is 5.56 Å². The van der Waals surface area contributed by atoms with Gasteiger partial charge in [-0.05, 0) is 31.0 Å². The van der Waals surface area contributed by atoms with Gasteiger partial charge in [-0.25, -0.2) is 4.98 Å². The van der Waals surface area contributed by atoms with E-state index in [9.17, 15) is 4.79 Å². The maximum atomic E-state index is 12.1. The van der Waals surface area contributed by atoms with Crippen molar-refractivity contribution in [2.24, 2.45) is 0 Å². The number of likely N-dealkylation sites (N-methyl/N-ethyl adjacent to an activating group) is 1. The van der Waals surface area contributed by atoms with E-state index in [0.717, 1.165) is 18.7 Å². The van der Waals surface area contributed by atoms with Crippen molar-refractivity contribution in [3.8, 4) is 0 Å². The van der Waals surface area contributed by atoms with Gasteiger partial charge in [0.15, 0.2) is 5.82 Å². The molecule has 1 N–H and O–H groups in total. The first kappa shape index (κ1) is 12.7. The number of fused-ring (bicyclic) bond motifs is 1. The number of anilines is 3. The molecule has 0 atom stereocenters. The highest BCUT2D eigenvalue weighted by atomic mass is 16.1. The summed E-state index contributed by atoms with van der Waals surface area (Å²) in [6.45, 7) is 3.63. The molecule has 0 spiro atoms. The Hall–Kier alpha value is -2.30. The van der Waals surface area contributed by atoms with E-state index >= 15 is 0 Å². The standard InChI is InChI=1S/C15H18N4O/c1-3-19-9-7-16-14(15(19)20)17-12-5-4-11-6-8-18(2)13(11)10-12/h4-5,7,9-10H,3,6,8H2,1-2H3,(H,16,17). The number of aryl methyl sites for hydroxylation is 1. The van der Waals surface area contributed by atoms with Crippen molar-refractivity contribution in [2.75, 3.05) is 23.8 Å². The summed E-state index contributed by atoms with van der Waals surface area (Å²) in [4.78, 5) is 18.5. The summed E-state index contributed by atoms with van der Waals surface area (Å²) in [7, 11) is 2.08. The van der Waals surface area contributed by atoms with Gasteiger partial charge in [-0.3, -0.25) is 4.79 Å². The summed E-state index contributed by atoms with van der Waals surface area (Å²) >= 11 is 0. The topological polar surface area (TPSA) is 50.2 Å². The lowest BCUT2D eigenvalue weighted by Crippen LogP contribution is -2.22. The first-order chi connectivity index (χ1) is 9.69. The maximum absolute atomic E-state index is 12.1. The minimum absolute atomic E-state index is 0.0937. The van der Waals surface area contributed by atoms with Crippen LogP contribution < -0.4 is 15.8 Å². The normalized spacial score (nSPS) is 13.4. The summed E-state index contributed by atoms with van der Waals surface area (Å²) in [6.07, 6.45) is 4.43. The second-order valence-corrected chi connectivity index (χ2v) is 5.01. The van der Waals surface area contributed by atoms with Crippen molar-refractivity contribution in [1.29, 1.82) is 0 Å². The molecule has 1 aromatic heterocycles. The number of hydrogen-bond donors (Lipinski definition) is 1. The number of hydrogen-bond acceptors (Lipinski definition) is 4. The van der Waals surface area contributed by atoms with Crippen LogP contribution in [-0.4, -0.2) is 23.1 Å². The molecule has 2 heterocycles. The summed E-state index contributed by atoms with van der Waals surface area (Å²) in [5, 5.41) is 3.13. The van der Waals surface area contributed by atoms with Gasteiger partial charge in [0.05, 0.1) is 0 Å². The van der Waals surface area contributed by atoms with Gasteiger partial charge in [-0.2, -0.15) is 0 Å². The van der Waals surface area contributed by atoms with Gasteiger partial charge < -0.3 is 14.8 Å². The fourth-order valence-electron chi connectivity index (χ4n) is 2.54. The largest absolute Gasteiger partial charge is 0.374 e. The SMILES string of the molecule is CCn1ccnc(Nc2ccc3c(c2)N(C)CC3)c1=O. The predicted molar refractivity (Wildman–Crippen MR) is 80.9 cm³/mol. The number of benzene rings is 1. The van der Waals surface area contributed by atoms with Gasteiger partial charge in [0.25, 0.3) is 5.56 Å². The first-order valence-electron chi connectivity index (χ1n) is 6.85. The van der Waals surface area contributed by atoms with Crippen LogP contribution in [0, 0.1) is 0 Å². The average Bonchev–Trinajstić information content (AvgIpc) is 2.83. The van der Waals surface area contributed by atoms with Crippen LogP contribution in [0.4, 0.5) is 17.2 Å². The molecule has 1 aliphatic heterocycles. The maximum Gasteiger partial charge on any atom is 0.293 e. The van der Waals surface area contributed by atoms with Crippen LogP contribution in [0.5, 0.6) is 0 Å². The Kier molecular flexibility index (Phi) is 3.18. The van der Waals surface area contributed by atoms with Crippen molar-refractivity contribution in [1.82, 2.24) is 9.55 Å². The summed E-state index contributed by atoms with van der Waals surface area (Å²) in [5.74, 6) is 0.370. The smallest absolute Gasteiger partial charge is 0.293 e. The molecule has 2 aromatic rings. The monoisotopic (exact) mass is 270 g/mol. The molecule has 20 heavy (non-hydrogen) atoms. The zero-order valence-electron chi connectivity index (χ0n) is 11.8. The molecule has 3 rings (SSSR count). The lowest BCUT2D eigenvalue weighted by Gasteiger charge is -2.14. The summed E-state index contributed by atoms with van der Waals surface area (Å²) < 4.78 is 1.63. The third-order valence-electron chi connectivity index (χ3n) is 3.73. The lowest BCUT2D eigenvalue weighted by atomic mass is 10.1. The molecule has 5 heteroatoms. The third-order valence-corrected chi connectivity index (χ3v) is 3.73. The molecular weight excluding hydrogens is 252 g/mol. The minimum atomic E-state index is -0.0937. The van der Waals surface area contributed by atoms with Gasteiger partial charge in [0.1, 0.15) is 0 Å². The summed E-state index contributed by atoms with van der Waals surface area (Å²) in [5.41, 5.74) is 3.38. The average molecular weight is 270 g/mol. The molecule has 0 unspecified atom stereocenters. The molecule has 0 aliphatic carbocycles. The van der Waals surface area contributed by atoms with Gasteiger partial charge in [-0.15, -0.1) is 0 Å². The van der Waals surface area contributed by atoms with Crippen molar-refractivity contribution >= 4 is 17.2 Å². The van der Waals surface area contributed by atoms with E-state index < -0.39 is 0 Å². The van der Waals surface area contributed by atoms with Crippen molar-refractivity contribution < 1.29 is 0 Å². The lowest BCUT2D eigenvalue weighted by molar-refractivity contribution is 0.720. The predicted octanol–water partition coefficient (Wildman–Crippen LogP) is 2.00. The molecule has 104 valence electrons. The van der Waals surface area contributed by atoms with E-state index in [1.54, 1.807) is 17.0 Å². The highest BCUT2D eigenvalue weighted by Gasteiger charge is 2.16. The van der Waals surface area contributed by atoms with Crippen molar-refractivity contribution in [2.45, 2.75) is 19.9 Å². The number of rotatable bonds is 3. The highest BCUT2D eigenvalue weighted by Crippen LogP contribution is 2.30. The van der Waals surface area contributed by atoms with Gasteiger partial charge in [0, 0.05) is 43.9 Å². The van der Waals surface area contributed by atoms with Crippen LogP contribution in [0.15, 0.2) is 35.4 Å². The zero-order valence-corrected chi connectivity index (χ0v) is 11.8.